The molecule has 0 aliphatic rings. The van der Waals surface area contributed by atoms with Gasteiger partial charge in [-0.05, 0) is 33.0 Å². The Morgan fingerprint density at radius 1 is 1.28 bits per heavy atom. The van der Waals surface area contributed by atoms with Crippen LogP contribution < -0.4 is 5.32 Å². The maximum atomic E-state index is 13.8. The van der Waals surface area contributed by atoms with Gasteiger partial charge in [0.15, 0.2) is 0 Å². The second-order valence-corrected chi connectivity index (χ2v) is 4.62. The molecule has 2 rings (SSSR count). The minimum Gasteiger partial charge on any atom is -0.310 e. The van der Waals surface area contributed by atoms with Crippen LogP contribution in [0.3, 0.4) is 0 Å². The first-order valence-corrected chi connectivity index (χ1v) is 5.63. The largest absolute Gasteiger partial charge is 0.310 e. The van der Waals surface area contributed by atoms with Gasteiger partial charge in [0.1, 0.15) is 11.6 Å². The molecular weight excluding hydrogens is 236 g/mol. The number of halogens is 2. The van der Waals surface area contributed by atoms with Crippen molar-refractivity contribution in [2.24, 2.45) is 0 Å². The van der Waals surface area contributed by atoms with Crippen molar-refractivity contribution < 1.29 is 8.78 Å². The summed E-state index contributed by atoms with van der Waals surface area (Å²) in [5, 5.41) is 3.13. The molecule has 1 N–H and O–H groups in total. The first kappa shape index (κ1) is 12.7. The summed E-state index contributed by atoms with van der Waals surface area (Å²) in [7, 11) is 1.82. The molecule has 0 saturated heterocycles. The molecule has 0 spiro atoms. The van der Waals surface area contributed by atoms with E-state index in [9.17, 15) is 8.78 Å². The highest BCUT2D eigenvalue weighted by Gasteiger charge is 2.23. The molecule has 96 valence electrons. The van der Waals surface area contributed by atoms with Crippen molar-refractivity contribution in [3.8, 4) is 5.69 Å². The molecule has 0 radical (unpaired) electrons. The number of hydrogen-bond donors (Lipinski definition) is 1. The van der Waals surface area contributed by atoms with E-state index in [1.54, 1.807) is 10.8 Å². The summed E-state index contributed by atoms with van der Waals surface area (Å²) in [4.78, 5) is 4.04. The van der Waals surface area contributed by atoms with Crippen LogP contribution in [-0.4, -0.2) is 16.6 Å². The van der Waals surface area contributed by atoms with Gasteiger partial charge in [0.2, 0.25) is 0 Å². The van der Waals surface area contributed by atoms with Gasteiger partial charge in [-0.25, -0.2) is 13.8 Å². The van der Waals surface area contributed by atoms with Crippen molar-refractivity contribution >= 4 is 0 Å². The van der Waals surface area contributed by atoms with Crippen LogP contribution in [0.4, 0.5) is 8.78 Å². The highest BCUT2D eigenvalue weighted by molar-refractivity contribution is 5.37. The van der Waals surface area contributed by atoms with Crippen LogP contribution in [0.5, 0.6) is 0 Å². The molecule has 2 aromatic rings. The quantitative estimate of drug-likeness (QED) is 0.908. The maximum Gasteiger partial charge on any atom is 0.150 e. The van der Waals surface area contributed by atoms with Gasteiger partial charge >= 0.3 is 0 Å². The fourth-order valence-electron chi connectivity index (χ4n) is 1.75. The molecule has 0 unspecified atom stereocenters. The lowest BCUT2D eigenvalue weighted by atomic mass is 10.0. The second-order valence-electron chi connectivity index (χ2n) is 4.62. The van der Waals surface area contributed by atoms with Crippen LogP contribution in [-0.2, 0) is 5.54 Å². The topological polar surface area (TPSA) is 29.9 Å². The summed E-state index contributed by atoms with van der Waals surface area (Å²) in [6.45, 7) is 3.92. The summed E-state index contributed by atoms with van der Waals surface area (Å²) in [5.74, 6) is -1.20. The van der Waals surface area contributed by atoms with Crippen molar-refractivity contribution in [1.29, 1.82) is 0 Å². The molecule has 5 heteroatoms. The van der Waals surface area contributed by atoms with E-state index < -0.39 is 11.6 Å². The number of nitrogens with zero attached hydrogens (tertiary/aromatic N) is 2. The third kappa shape index (κ3) is 2.13. The van der Waals surface area contributed by atoms with Crippen LogP contribution in [0.15, 0.2) is 30.7 Å². The number of aromatic nitrogens is 2. The molecule has 18 heavy (non-hydrogen) atoms. The molecule has 1 aromatic heterocycles. The van der Waals surface area contributed by atoms with Gasteiger partial charge in [-0.3, -0.25) is 4.57 Å². The first-order valence-electron chi connectivity index (χ1n) is 5.63. The summed E-state index contributed by atoms with van der Waals surface area (Å²) in [6, 6.07) is 3.50. The van der Waals surface area contributed by atoms with Gasteiger partial charge in [-0.2, -0.15) is 0 Å². The van der Waals surface area contributed by atoms with Crippen molar-refractivity contribution in [1.82, 2.24) is 14.9 Å². The summed E-state index contributed by atoms with van der Waals surface area (Å²) in [6.07, 6.45) is 3.18. The van der Waals surface area contributed by atoms with E-state index >= 15 is 0 Å². The molecule has 0 amide bonds. The number of rotatable bonds is 3. The molecule has 0 atom stereocenters. The Morgan fingerprint density at radius 2 is 2.00 bits per heavy atom. The third-order valence-corrected chi connectivity index (χ3v) is 3.07. The zero-order valence-corrected chi connectivity index (χ0v) is 10.5. The van der Waals surface area contributed by atoms with Crippen molar-refractivity contribution in [2.45, 2.75) is 19.4 Å². The number of benzene rings is 1. The minimum atomic E-state index is -0.610. The van der Waals surface area contributed by atoms with Gasteiger partial charge < -0.3 is 5.32 Å². The van der Waals surface area contributed by atoms with Crippen LogP contribution in [0.25, 0.3) is 5.69 Å². The number of imidazole rings is 1. The maximum absolute atomic E-state index is 13.8. The van der Waals surface area contributed by atoms with Crippen molar-refractivity contribution in [2.75, 3.05) is 7.05 Å². The SMILES string of the molecule is CNC(C)(C)c1cncn1-c1ccc(F)cc1F. The number of nitrogens with one attached hydrogen (secondary N) is 1. The summed E-state index contributed by atoms with van der Waals surface area (Å²) < 4.78 is 28.3. The highest BCUT2D eigenvalue weighted by atomic mass is 19.1. The van der Waals surface area contributed by atoms with E-state index in [0.717, 1.165) is 11.8 Å². The van der Waals surface area contributed by atoms with E-state index in [1.165, 1.54) is 18.5 Å². The Labute approximate surface area is 104 Å². The Bertz CT molecular complexity index is 561. The Morgan fingerprint density at radius 3 is 2.61 bits per heavy atom. The van der Waals surface area contributed by atoms with Crippen LogP contribution in [0, 0.1) is 11.6 Å². The monoisotopic (exact) mass is 251 g/mol. The molecule has 3 nitrogen and oxygen atoms in total. The lowest BCUT2D eigenvalue weighted by molar-refractivity contribution is 0.423. The molecule has 1 aromatic carbocycles. The van der Waals surface area contributed by atoms with Crippen LogP contribution >= 0.6 is 0 Å². The fraction of sp³-hybridized carbons (Fsp3) is 0.308. The van der Waals surface area contributed by atoms with Crippen LogP contribution in [0.2, 0.25) is 0 Å². The van der Waals surface area contributed by atoms with E-state index in [4.69, 9.17) is 0 Å². The summed E-state index contributed by atoms with van der Waals surface area (Å²) >= 11 is 0. The lowest BCUT2D eigenvalue weighted by Gasteiger charge is -2.25. The molecular formula is C13H15F2N3. The zero-order valence-electron chi connectivity index (χ0n) is 10.5. The second kappa shape index (κ2) is 4.49. The Hall–Kier alpha value is -1.75. The number of hydrogen-bond acceptors (Lipinski definition) is 2. The van der Waals surface area contributed by atoms with E-state index in [0.29, 0.717) is 0 Å². The van der Waals surface area contributed by atoms with E-state index in [-0.39, 0.29) is 11.2 Å². The van der Waals surface area contributed by atoms with Gasteiger partial charge in [0, 0.05) is 6.07 Å². The van der Waals surface area contributed by atoms with Gasteiger partial charge in [-0.1, -0.05) is 0 Å². The summed E-state index contributed by atoms with van der Waals surface area (Å²) in [5.41, 5.74) is 0.722. The highest BCUT2D eigenvalue weighted by Crippen LogP contribution is 2.24. The molecule has 0 fully saturated rings. The first-order chi connectivity index (χ1) is 8.45. The third-order valence-electron chi connectivity index (χ3n) is 3.07. The average Bonchev–Trinajstić information content (AvgIpc) is 2.78. The fourth-order valence-corrected chi connectivity index (χ4v) is 1.75. The zero-order chi connectivity index (χ0) is 13.3. The Kier molecular flexibility index (Phi) is 3.17. The van der Waals surface area contributed by atoms with Crippen molar-refractivity contribution in [3.05, 3.63) is 48.1 Å². The smallest absolute Gasteiger partial charge is 0.150 e. The lowest BCUT2D eigenvalue weighted by Crippen LogP contribution is -2.35. The average molecular weight is 251 g/mol. The van der Waals surface area contributed by atoms with Crippen molar-refractivity contribution in [3.63, 3.8) is 0 Å². The van der Waals surface area contributed by atoms with E-state index in [1.807, 2.05) is 20.9 Å². The van der Waals surface area contributed by atoms with E-state index in [2.05, 4.69) is 10.3 Å². The minimum absolute atomic E-state index is 0.284. The molecule has 0 bridgehead atoms. The Balaban J connectivity index is 2.56. The van der Waals surface area contributed by atoms with Gasteiger partial charge in [0.05, 0.1) is 29.4 Å². The van der Waals surface area contributed by atoms with Gasteiger partial charge in [0.25, 0.3) is 0 Å². The normalized spacial score (nSPS) is 11.8. The standard InChI is InChI=1S/C13H15F2N3/c1-13(2,16-3)12-7-17-8-18(12)11-5-4-9(14)6-10(11)15/h4-8,16H,1-3H3. The molecule has 0 saturated carbocycles. The predicted molar refractivity (Wildman–Crippen MR) is 65.6 cm³/mol. The molecule has 0 aliphatic carbocycles. The predicted octanol–water partition coefficient (Wildman–Crippen LogP) is 2.61. The molecule has 0 aliphatic heterocycles. The van der Waals surface area contributed by atoms with Crippen LogP contribution in [0.1, 0.15) is 19.5 Å². The van der Waals surface area contributed by atoms with Gasteiger partial charge in [-0.15, -0.1) is 0 Å². The molecule has 1 heterocycles.